The van der Waals surface area contributed by atoms with Crippen LogP contribution in [0.3, 0.4) is 0 Å². The summed E-state index contributed by atoms with van der Waals surface area (Å²) in [6.07, 6.45) is 5.30. The first-order valence-electron chi connectivity index (χ1n) is 8.99. The largest absolute Gasteiger partial charge is 0.488 e. The summed E-state index contributed by atoms with van der Waals surface area (Å²) in [5.41, 5.74) is 1.76. The zero-order chi connectivity index (χ0) is 19.1. The van der Waals surface area contributed by atoms with Gasteiger partial charge in [0.25, 0.3) is 0 Å². The predicted molar refractivity (Wildman–Crippen MR) is 104 cm³/mol. The van der Waals surface area contributed by atoms with Crippen molar-refractivity contribution in [1.82, 2.24) is 14.6 Å². The van der Waals surface area contributed by atoms with E-state index in [2.05, 4.69) is 18.8 Å². The van der Waals surface area contributed by atoms with Gasteiger partial charge in [0.05, 0.1) is 5.56 Å². The number of hydrazone groups is 1. The number of nitrogens with zero attached hydrogens (tertiary/aromatic N) is 4. The van der Waals surface area contributed by atoms with E-state index in [4.69, 9.17) is 9.84 Å². The van der Waals surface area contributed by atoms with E-state index in [1.807, 2.05) is 40.0 Å². The standard InChI is InChI=1S/C21H23FN4O/c1-3-26(4-2)24-21(25-14-13-23-16-25)19-7-5-6-8-20(19)27-15-17-9-11-18(22)12-10-17/h5-14,16H,3-4,15H2,1-2H3/b24-21+. The highest BCUT2D eigenvalue weighted by Crippen LogP contribution is 2.22. The van der Waals surface area contributed by atoms with Gasteiger partial charge in [-0.15, -0.1) is 0 Å². The quantitative estimate of drug-likeness (QED) is 0.358. The third-order valence-electron chi connectivity index (χ3n) is 4.15. The first kappa shape index (κ1) is 18.6. The molecule has 3 rings (SSSR count). The molecule has 0 atom stereocenters. The number of aromatic nitrogens is 2. The average Bonchev–Trinajstić information content (AvgIpc) is 3.23. The van der Waals surface area contributed by atoms with Crippen molar-refractivity contribution in [1.29, 1.82) is 0 Å². The summed E-state index contributed by atoms with van der Waals surface area (Å²) in [6, 6.07) is 14.1. The van der Waals surface area contributed by atoms with Crippen molar-refractivity contribution in [2.45, 2.75) is 20.5 Å². The molecule has 0 radical (unpaired) electrons. The summed E-state index contributed by atoms with van der Waals surface area (Å²) >= 11 is 0. The average molecular weight is 366 g/mol. The molecule has 0 bridgehead atoms. The smallest absolute Gasteiger partial charge is 0.169 e. The molecule has 1 aromatic heterocycles. The van der Waals surface area contributed by atoms with Gasteiger partial charge in [0, 0.05) is 25.5 Å². The van der Waals surface area contributed by atoms with E-state index in [-0.39, 0.29) is 5.82 Å². The Bertz CT molecular complexity index is 871. The Morgan fingerprint density at radius 3 is 2.52 bits per heavy atom. The Morgan fingerprint density at radius 2 is 1.85 bits per heavy atom. The molecule has 0 spiro atoms. The number of ether oxygens (including phenoxy) is 1. The summed E-state index contributed by atoms with van der Waals surface area (Å²) in [6.45, 7) is 6.07. The van der Waals surface area contributed by atoms with Crippen LogP contribution in [-0.4, -0.2) is 33.5 Å². The van der Waals surface area contributed by atoms with Crippen LogP contribution in [0.5, 0.6) is 5.75 Å². The van der Waals surface area contributed by atoms with Crippen molar-refractivity contribution in [3.8, 4) is 5.75 Å². The zero-order valence-corrected chi connectivity index (χ0v) is 15.5. The highest BCUT2D eigenvalue weighted by atomic mass is 19.1. The van der Waals surface area contributed by atoms with Crippen molar-refractivity contribution >= 4 is 5.84 Å². The van der Waals surface area contributed by atoms with Gasteiger partial charge in [-0.3, -0.25) is 9.58 Å². The van der Waals surface area contributed by atoms with Crippen LogP contribution in [0.2, 0.25) is 0 Å². The van der Waals surface area contributed by atoms with E-state index in [0.29, 0.717) is 12.4 Å². The molecule has 0 N–H and O–H groups in total. The number of halogens is 1. The first-order valence-corrected chi connectivity index (χ1v) is 8.99. The molecule has 27 heavy (non-hydrogen) atoms. The molecule has 0 aliphatic heterocycles. The number of hydrogen-bond acceptors (Lipinski definition) is 4. The van der Waals surface area contributed by atoms with Gasteiger partial charge in [0.2, 0.25) is 0 Å². The summed E-state index contributed by atoms with van der Waals surface area (Å²) in [7, 11) is 0. The van der Waals surface area contributed by atoms with Gasteiger partial charge in [0.1, 0.15) is 24.5 Å². The fraction of sp³-hybridized carbons (Fsp3) is 0.238. The third kappa shape index (κ3) is 4.73. The molecule has 0 amide bonds. The van der Waals surface area contributed by atoms with Gasteiger partial charge in [-0.05, 0) is 43.7 Å². The van der Waals surface area contributed by atoms with Gasteiger partial charge in [-0.1, -0.05) is 24.3 Å². The Kier molecular flexibility index (Phi) is 6.20. The molecule has 6 heteroatoms. The molecule has 0 saturated heterocycles. The summed E-state index contributed by atoms with van der Waals surface area (Å²) in [4.78, 5) is 4.15. The van der Waals surface area contributed by atoms with E-state index in [0.717, 1.165) is 30.1 Å². The minimum atomic E-state index is -0.257. The molecule has 0 aliphatic rings. The van der Waals surface area contributed by atoms with Gasteiger partial charge >= 0.3 is 0 Å². The van der Waals surface area contributed by atoms with Crippen LogP contribution in [0.25, 0.3) is 0 Å². The predicted octanol–water partition coefficient (Wildman–Crippen LogP) is 4.15. The Hall–Kier alpha value is -3.15. The topological polar surface area (TPSA) is 42.6 Å². The Morgan fingerprint density at radius 1 is 1.11 bits per heavy atom. The Labute approximate surface area is 158 Å². The van der Waals surface area contributed by atoms with Crippen LogP contribution in [-0.2, 0) is 6.61 Å². The van der Waals surface area contributed by atoms with Crippen LogP contribution in [0.4, 0.5) is 4.39 Å². The van der Waals surface area contributed by atoms with Gasteiger partial charge in [0.15, 0.2) is 5.84 Å². The SMILES string of the molecule is CCN(CC)/N=C(\c1ccccc1OCc1ccc(F)cc1)n1ccnc1. The lowest BCUT2D eigenvalue weighted by molar-refractivity contribution is 0.304. The minimum Gasteiger partial charge on any atom is -0.488 e. The molecular weight excluding hydrogens is 343 g/mol. The lowest BCUT2D eigenvalue weighted by Crippen LogP contribution is -2.23. The van der Waals surface area contributed by atoms with E-state index >= 15 is 0 Å². The van der Waals surface area contributed by atoms with Crippen molar-refractivity contribution in [3.63, 3.8) is 0 Å². The molecule has 3 aromatic rings. The molecule has 0 aliphatic carbocycles. The second kappa shape index (κ2) is 8.98. The fourth-order valence-corrected chi connectivity index (χ4v) is 2.65. The van der Waals surface area contributed by atoms with Gasteiger partial charge < -0.3 is 4.74 Å². The maximum absolute atomic E-state index is 13.1. The second-order valence-corrected chi connectivity index (χ2v) is 5.94. The highest BCUT2D eigenvalue weighted by molar-refractivity contribution is 6.02. The number of rotatable bonds is 7. The highest BCUT2D eigenvalue weighted by Gasteiger charge is 2.14. The van der Waals surface area contributed by atoms with Crippen molar-refractivity contribution in [2.75, 3.05) is 13.1 Å². The van der Waals surface area contributed by atoms with E-state index in [1.165, 1.54) is 12.1 Å². The van der Waals surface area contributed by atoms with Crippen LogP contribution >= 0.6 is 0 Å². The Balaban J connectivity index is 1.92. The van der Waals surface area contributed by atoms with Crippen LogP contribution in [0.15, 0.2) is 72.4 Å². The number of imidazole rings is 1. The molecule has 0 unspecified atom stereocenters. The van der Waals surface area contributed by atoms with Crippen LogP contribution < -0.4 is 4.74 Å². The van der Waals surface area contributed by atoms with Crippen LogP contribution in [0.1, 0.15) is 25.0 Å². The van der Waals surface area contributed by atoms with Crippen LogP contribution in [0, 0.1) is 5.82 Å². The van der Waals surface area contributed by atoms with Crippen molar-refractivity contribution < 1.29 is 9.13 Å². The molecular formula is C21H23FN4O. The van der Waals surface area contributed by atoms with Gasteiger partial charge in [-0.2, -0.15) is 5.10 Å². The lowest BCUT2D eigenvalue weighted by Gasteiger charge is -2.19. The second-order valence-electron chi connectivity index (χ2n) is 5.94. The minimum absolute atomic E-state index is 0.257. The van der Waals surface area contributed by atoms with E-state index < -0.39 is 0 Å². The molecule has 1 heterocycles. The monoisotopic (exact) mass is 366 g/mol. The lowest BCUT2D eigenvalue weighted by atomic mass is 10.1. The molecule has 2 aromatic carbocycles. The fourth-order valence-electron chi connectivity index (χ4n) is 2.65. The van der Waals surface area contributed by atoms with Gasteiger partial charge in [-0.25, -0.2) is 9.37 Å². The maximum Gasteiger partial charge on any atom is 0.169 e. The molecule has 140 valence electrons. The maximum atomic E-state index is 13.1. The zero-order valence-electron chi connectivity index (χ0n) is 15.5. The summed E-state index contributed by atoms with van der Waals surface area (Å²) < 4.78 is 21.0. The molecule has 0 saturated carbocycles. The number of hydrogen-bond donors (Lipinski definition) is 0. The molecule has 0 fully saturated rings. The van der Waals surface area contributed by atoms with E-state index in [1.54, 1.807) is 24.7 Å². The summed E-state index contributed by atoms with van der Waals surface area (Å²) in [5, 5.41) is 6.77. The first-order chi connectivity index (χ1) is 13.2. The van der Waals surface area contributed by atoms with E-state index in [9.17, 15) is 4.39 Å². The van der Waals surface area contributed by atoms with Crippen molar-refractivity contribution in [2.24, 2.45) is 5.10 Å². The number of benzene rings is 2. The normalized spacial score (nSPS) is 11.4. The molecule has 5 nitrogen and oxygen atoms in total. The summed E-state index contributed by atoms with van der Waals surface area (Å²) in [5.74, 6) is 1.19. The van der Waals surface area contributed by atoms with Crippen molar-refractivity contribution in [3.05, 3.63) is 84.2 Å². The number of para-hydroxylation sites is 1. The third-order valence-corrected chi connectivity index (χ3v) is 4.15.